The van der Waals surface area contributed by atoms with E-state index in [1.807, 2.05) is 60.0 Å². The van der Waals surface area contributed by atoms with Crippen molar-refractivity contribution in [3.8, 4) is 23.3 Å². The zero-order valence-electron chi connectivity index (χ0n) is 24.2. The summed E-state index contributed by atoms with van der Waals surface area (Å²) in [4.78, 5) is 41.3. The summed E-state index contributed by atoms with van der Waals surface area (Å²) in [5, 5.41) is 3.90. The van der Waals surface area contributed by atoms with Gasteiger partial charge in [-0.2, -0.15) is 0 Å². The van der Waals surface area contributed by atoms with Crippen molar-refractivity contribution in [1.82, 2.24) is 5.32 Å². The minimum Gasteiger partial charge on any atom is -0.493 e. The number of anilines is 1. The Hall–Kier alpha value is -4.72. The Balaban J connectivity index is 1.31. The average Bonchev–Trinajstić information content (AvgIpc) is 3.64. The normalized spacial score (nSPS) is 15.8. The van der Waals surface area contributed by atoms with Crippen molar-refractivity contribution in [2.45, 2.75) is 23.5 Å². The zero-order chi connectivity index (χ0) is 31.1. The van der Waals surface area contributed by atoms with Gasteiger partial charge < -0.3 is 20.5 Å². The Morgan fingerprint density at radius 2 is 1.70 bits per heavy atom. The summed E-state index contributed by atoms with van der Waals surface area (Å²) in [5.41, 5.74) is 9.11. The van der Waals surface area contributed by atoms with E-state index in [-0.39, 0.29) is 18.2 Å². The third-order valence-electron chi connectivity index (χ3n) is 6.99. The van der Waals surface area contributed by atoms with Crippen LogP contribution >= 0.6 is 23.1 Å². The molecular weight excluding hydrogens is 595 g/mol. The molecule has 1 aliphatic heterocycles. The number of amides is 3. The number of methoxy groups -OCH3 is 2. The third-order valence-corrected chi connectivity index (χ3v) is 9.55. The monoisotopic (exact) mass is 625 g/mol. The van der Waals surface area contributed by atoms with E-state index in [9.17, 15) is 14.4 Å². The quantitative estimate of drug-likeness (QED) is 0.236. The lowest BCUT2D eigenvalue weighted by Gasteiger charge is -2.23. The first-order valence-electron chi connectivity index (χ1n) is 13.9. The molecule has 3 aromatic carbocycles. The van der Waals surface area contributed by atoms with E-state index >= 15 is 0 Å². The van der Waals surface area contributed by atoms with Crippen LogP contribution < -0.4 is 25.4 Å². The van der Waals surface area contributed by atoms with Gasteiger partial charge in [-0.25, -0.2) is 0 Å². The number of nitrogens with two attached hydrogens (primary N) is 1. The molecule has 0 unspecified atom stereocenters. The Kier molecular flexibility index (Phi) is 9.89. The number of nitrogens with zero attached hydrogens (tertiary/aromatic N) is 1. The van der Waals surface area contributed by atoms with Gasteiger partial charge in [0.1, 0.15) is 5.37 Å². The number of rotatable bonds is 10. The number of hydrogen-bond donors (Lipinski definition) is 2. The topological polar surface area (TPSA) is 111 Å². The summed E-state index contributed by atoms with van der Waals surface area (Å²) in [6, 6.07) is 24.0. The summed E-state index contributed by atoms with van der Waals surface area (Å²) in [7, 11) is 3.16. The van der Waals surface area contributed by atoms with Crippen molar-refractivity contribution < 1.29 is 23.9 Å². The molecule has 224 valence electrons. The van der Waals surface area contributed by atoms with E-state index in [4.69, 9.17) is 15.2 Å². The van der Waals surface area contributed by atoms with E-state index in [0.29, 0.717) is 35.7 Å². The summed E-state index contributed by atoms with van der Waals surface area (Å²) in [6.07, 6.45) is 0.610. The Labute approximate surface area is 264 Å². The van der Waals surface area contributed by atoms with Crippen LogP contribution in [0.1, 0.15) is 43.7 Å². The van der Waals surface area contributed by atoms with E-state index in [1.54, 1.807) is 43.4 Å². The van der Waals surface area contributed by atoms with Crippen LogP contribution in [0.15, 0.2) is 84.2 Å². The number of carbonyl (C=O) groups excluding carboxylic acids is 3. The molecule has 1 fully saturated rings. The smallest absolute Gasteiger partial charge is 0.248 e. The van der Waals surface area contributed by atoms with E-state index in [0.717, 1.165) is 21.6 Å². The van der Waals surface area contributed by atoms with Gasteiger partial charge in [0, 0.05) is 45.6 Å². The molecule has 3 N–H and O–H groups in total. The molecule has 1 aliphatic rings. The molecule has 5 rings (SSSR count). The molecule has 8 nitrogen and oxygen atoms in total. The number of nitrogens with one attached hydrogen (secondary N) is 1. The van der Waals surface area contributed by atoms with Gasteiger partial charge in [-0.05, 0) is 60.5 Å². The summed E-state index contributed by atoms with van der Waals surface area (Å²) in [6.45, 7) is 0.405. The lowest BCUT2D eigenvalue weighted by atomic mass is 10.1. The van der Waals surface area contributed by atoms with Crippen LogP contribution in [0.5, 0.6) is 11.5 Å². The lowest BCUT2D eigenvalue weighted by molar-refractivity contribution is -0.124. The second kappa shape index (κ2) is 14.2. The molecule has 3 amide bonds. The van der Waals surface area contributed by atoms with Crippen LogP contribution in [0.3, 0.4) is 0 Å². The number of primary amides is 1. The number of hydrogen-bond acceptors (Lipinski definition) is 7. The predicted octanol–water partition coefficient (Wildman–Crippen LogP) is 5.16. The van der Waals surface area contributed by atoms with Gasteiger partial charge in [-0.1, -0.05) is 42.2 Å². The molecule has 2 heterocycles. The van der Waals surface area contributed by atoms with Gasteiger partial charge in [-0.3, -0.25) is 19.3 Å². The summed E-state index contributed by atoms with van der Waals surface area (Å²) < 4.78 is 10.7. The highest BCUT2D eigenvalue weighted by Crippen LogP contribution is 2.48. The predicted molar refractivity (Wildman–Crippen MR) is 174 cm³/mol. The first-order chi connectivity index (χ1) is 21.4. The molecule has 1 saturated heterocycles. The number of benzene rings is 3. The van der Waals surface area contributed by atoms with Gasteiger partial charge in [0.15, 0.2) is 11.5 Å². The molecule has 0 aliphatic carbocycles. The minimum atomic E-state index is -0.612. The fourth-order valence-corrected chi connectivity index (χ4v) is 7.26. The highest BCUT2D eigenvalue weighted by atomic mass is 32.2. The number of thiophene rings is 1. The van der Waals surface area contributed by atoms with Crippen molar-refractivity contribution in [3.05, 3.63) is 111 Å². The maximum atomic E-state index is 13.8. The summed E-state index contributed by atoms with van der Waals surface area (Å²) in [5.74, 6) is 6.62. The molecule has 0 radical (unpaired) electrons. The molecule has 10 heteroatoms. The van der Waals surface area contributed by atoms with Gasteiger partial charge in [0.05, 0.1) is 19.5 Å². The molecule has 4 aromatic rings. The minimum absolute atomic E-state index is 0.0178. The summed E-state index contributed by atoms with van der Waals surface area (Å²) >= 11 is 2.92. The molecule has 0 spiro atoms. The maximum absolute atomic E-state index is 13.8. The average molecular weight is 626 g/mol. The number of thioether (sulfide) groups is 1. The Morgan fingerprint density at radius 3 is 2.45 bits per heavy atom. The van der Waals surface area contributed by atoms with Crippen molar-refractivity contribution in [2.75, 3.05) is 25.7 Å². The van der Waals surface area contributed by atoms with Crippen molar-refractivity contribution >= 4 is 46.5 Å². The van der Waals surface area contributed by atoms with Gasteiger partial charge in [0.25, 0.3) is 0 Å². The highest BCUT2D eigenvalue weighted by molar-refractivity contribution is 8.01. The van der Waals surface area contributed by atoms with Crippen LogP contribution in [-0.4, -0.2) is 43.7 Å². The van der Waals surface area contributed by atoms with Crippen LogP contribution in [-0.2, 0) is 16.0 Å². The van der Waals surface area contributed by atoms with Gasteiger partial charge >= 0.3 is 0 Å². The molecule has 44 heavy (non-hydrogen) atoms. The van der Waals surface area contributed by atoms with E-state index < -0.39 is 16.5 Å². The first-order valence-corrected chi connectivity index (χ1v) is 15.7. The Morgan fingerprint density at radius 1 is 0.932 bits per heavy atom. The third kappa shape index (κ3) is 7.25. The van der Waals surface area contributed by atoms with Gasteiger partial charge in [-0.15, -0.1) is 23.1 Å². The van der Waals surface area contributed by atoms with Crippen molar-refractivity contribution in [1.29, 1.82) is 0 Å². The van der Waals surface area contributed by atoms with Crippen LogP contribution in [0, 0.1) is 11.8 Å². The first kappa shape index (κ1) is 30.7. The molecule has 0 saturated carbocycles. The lowest BCUT2D eigenvalue weighted by Crippen LogP contribution is -2.34. The SMILES string of the molecule is COc1ccc(CCNC(=O)C[C@H]2S[C@@H](c3cc(C#Cc4ccccc4)cs3)N(c3cccc(C(N)=O)c3)C2=O)cc1OC. The van der Waals surface area contributed by atoms with E-state index in [2.05, 4.69) is 17.2 Å². The molecule has 0 bridgehead atoms. The number of ether oxygens (including phenoxy) is 2. The molecule has 2 atom stereocenters. The standard InChI is InChI=1S/C34H31N3O5S2/c1-41-27-14-13-23(17-28(27)42-2)15-16-36-31(38)20-29-33(40)37(26-10-6-9-25(19-26)32(35)39)34(44-29)30-18-24(21-43-30)12-11-22-7-4-3-5-8-22/h3-10,13-14,17-19,21,29,34H,15-16,20H2,1-2H3,(H2,35,39)(H,36,38)/t29-,34+/m1/s1. The second-order valence-electron chi connectivity index (χ2n) is 9.95. The van der Waals surface area contributed by atoms with Crippen LogP contribution in [0.4, 0.5) is 5.69 Å². The highest BCUT2D eigenvalue weighted by Gasteiger charge is 2.43. The molecule has 1 aromatic heterocycles. The van der Waals surface area contributed by atoms with Crippen LogP contribution in [0.25, 0.3) is 0 Å². The Bertz CT molecular complexity index is 1730. The molecular formula is C34H31N3O5S2. The largest absolute Gasteiger partial charge is 0.493 e. The van der Waals surface area contributed by atoms with Crippen molar-refractivity contribution in [3.63, 3.8) is 0 Å². The van der Waals surface area contributed by atoms with E-state index in [1.165, 1.54) is 23.1 Å². The van der Waals surface area contributed by atoms with Crippen molar-refractivity contribution in [2.24, 2.45) is 5.73 Å². The fourth-order valence-electron chi connectivity index (χ4n) is 4.78. The van der Waals surface area contributed by atoms with Crippen LogP contribution in [0.2, 0.25) is 0 Å². The second-order valence-corrected chi connectivity index (χ2v) is 12.2. The zero-order valence-corrected chi connectivity index (χ0v) is 25.9. The number of carbonyl (C=O) groups is 3. The maximum Gasteiger partial charge on any atom is 0.248 e. The fraction of sp³-hybridized carbons (Fsp3) is 0.206. The van der Waals surface area contributed by atoms with Gasteiger partial charge in [0.2, 0.25) is 17.7 Å².